The van der Waals surface area contributed by atoms with Gasteiger partial charge in [0.2, 0.25) is 21.8 Å². The summed E-state index contributed by atoms with van der Waals surface area (Å²) in [7, 11) is -3.87. The standard InChI is InChI=1S/C32H38FN3O4S/c1-23-17-18-28(19-24(23)2)36(41(3,39)40)22-31(37)35(21-26-13-7-10-16-29(26)33)30(20-25-11-5-4-6-12-25)32(38)34-27-14-8-9-15-27/h4-7,10-13,16-19,27,30H,8-9,14-15,20-22H2,1-3H3,(H,34,38)/t30-/m1/s1. The molecule has 0 heterocycles. The molecular weight excluding hydrogens is 541 g/mol. The van der Waals surface area contributed by atoms with Crippen LogP contribution in [0.15, 0.2) is 72.8 Å². The first kappa shape index (κ1) is 30.2. The zero-order chi connectivity index (χ0) is 29.6. The predicted molar refractivity (Wildman–Crippen MR) is 159 cm³/mol. The van der Waals surface area contributed by atoms with Gasteiger partial charge in [-0.15, -0.1) is 0 Å². The molecule has 0 bridgehead atoms. The van der Waals surface area contributed by atoms with E-state index < -0.39 is 34.3 Å². The number of nitrogens with zero attached hydrogens (tertiary/aromatic N) is 2. The van der Waals surface area contributed by atoms with E-state index >= 15 is 0 Å². The number of halogens is 1. The van der Waals surface area contributed by atoms with E-state index in [-0.39, 0.29) is 30.5 Å². The first-order chi connectivity index (χ1) is 19.5. The Morgan fingerprint density at radius 1 is 0.951 bits per heavy atom. The molecule has 3 aromatic carbocycles. The number of benzene rings is 3. The predicted octanol–water partition coefficient (Wildman–Crippen LogP) is 4.91. The highest BCUT2D eigenvalue weighted by Gasteiger charge is 2.34. The van der Waals surface area contributed by atoms with Gasteiger partial charge in [0.15, 0.2) is 0 Å². The van der Waals surface area contributed by atoms with Crippen LogP contribution in [0.2, 0.25) is 0 Å². The fourth-order valence-electron chi connectivity index (χ4n) is 5.23. The van der Waals surface area contributed by atoms with Gasteiger partial charge in [-0.25, -0.2) is 12.8 Å². The van der Waals surface area contributed by atoms with Gasteiger partial charge in [-0.05, 0) is 61.6 Å². The Hall–Kier alpha value is -3.72. The minimum absolute atomic E-state index is 0.00855. The second-order valence-electron chi connectivity index (χ2n) is 10.8. The van der Waals surface area contributed by atoms with Crippen LogP contribution in [-0.2, 0) is 32.6 Å². The van der Waals surface area contributed by atoms with Gasteiger partial charge in [0.25, 0.3) is 0 Å². The number of carbonyl (C=O) groups excluding carboxylic acids is 2. The Morgan fingerprint density at radius 3 is 2.24 bits per heavy atom. The van der Waals surface area contributed by atoms with E-state index in [0.29, 0.717) is 5.69 Å². The van der Waals surface area contributed by atoms with Crippen molar-refractivity contribution in [3.05, 3.63) is 101 Å². The van der Waals surface area contributed by atoms with Crippen LogP contribution in [0.4, 0.5) is 10.1 Å². The summed E-state index contributed by atoms with van der Waals surface area (Å²) in [5.74, 6) is -1.43. The summed E-state index contributed by atoms with van der Waals surface area (Å²) in [6, 6.07) is 19.6. The van der Waals surface area contributed by atoms with Crippen LogP contribution < -0.4 is 9.62 Å². The fraction of sp³-hybridized carbons (Fsp3) is 0.375. The highest BCUT2D eigenvalue weighted by molar-refractivity contribution is 7.92. The second-order valence-corrected chi connectivity index (χ2v) is 12.8. The van der Waals surface area contributed by atoms with Gasteiger partial charge >= 0.3 is 0 Å². The maximum Gasteiger partial charge on any atom is 0.244 e. The zero-order valence-electron chi connectivity index (χ0n) is 23.8. The average Bonchev–Trinajstić information content (AvgIpc) is 3.44. The summed E-state index contributed by atoms with van der Waals surface area (Å²) in [5.41, 5.74) is 3.29. The molecule has 7 nitrogen and oxygen atoms in total. The average molecular weight is 580 g/mol. The molecule has 2 amide bonds. The Kier molecular flexibility index (Phi) is 9.81. The van der Waals surface area contributed by atoms with Crippen molar-refractivity contribution in [1.82, 2.24) is 10.2 Å². The number of hydrogen-bond donors (Lipinski definition) is 1. The molecule has 41 heavy (non-hydrogen) atoms. The normalized spacial score (nSPS) is 14.4. The summed E-state index contributed by atoms with van der Waals surface area (Å²) >= 11 is 0. The van der Waals surface area contributed by atoms with Gasteiger partial charge < -0.3 is 10.2 Å². The molecule has 4 rings (SSSR count). The number of aryl methyl sites for hydroxylation is 2. The molecule has 1 N–H and O–H groups in total. The summed E-state index contributed by atoms with van der Waals surface area (Å²) in [6.07, 6.45) is 5.00. The molecule has 0 unspecified atom stereocenters. The molecule has 218 valence electrons. The van der Waals surface area contributed by atoms with Crippen molar-refractivity contribution in [2.24, 2.45) is 0 Å². The van der Waals surface area contributed by atoms with Gasteiger partial charge in [-0.3, -0.25) is 13.9 Å². The van der Waals surface area contributed by atoms with Gasteiger partial charge in [0.05, 0.1) is 11.9 Å². The molecule has 1 fully saturated rings. The number of rotatable bonds is 11. The van der Waals surface area contributed by atoms with Gasteiger partial charge in [-0.1, -0.05) is 67.4 Å². The number of nitrogens with one attached hydrogen (secondary N) is 1. The molecule has 1 atom stereocenters. The van der Waals surface area contributed by atoms with E-state index in [1.165, 1.54) is 11.0 Å². The van der Waals surface area contributed by atoms with E-state index in [1.807, 2.05) is 44.2 Å². The quantitative estimate of drug-likeness (QED) is 0.350. The number of sulfonamides is 1. The van der Waals surface area contributed by atoms with Crippen molar-refractivity contribution in [3.8, 4) is 0 Å². The summed E-state index contributed by atoms with van der Waals surface area (Å²) < 4.78 is 41.8. The molecular formula is C32H38FN3O4S. The number of amides is 2. The lowest BCUT2D eigenvalue weighted by atomic mass is 10.0. The number of anilines is 1. The van der Waals surface area contributed by atoms with Crippen LogP contribution in [0.5, 0.6) is 0 Å². The molecule has 9 heteroatoms. The monoisotopic (exact) mass is 579 g/mol. The lowest BCUT2D eigenvalue weighted by Crippen LogP contribution is -2.54. The molecule has 0 saturated heterocycles. The van der Waals surface area contributed by atoms with Crippen LogP contribution in [0.3, 0.4) is 0 Å². The first-order valence-corrected chi connectivity index (χ1v) is 15.8. The van der Waals surface area contributed by atoms with E-state index in [4.69, 9.17) is 0 Å². The lowest BCUT2D eigenvalue weighted by Gasteiger charge is -2.34. The van der Waals surface area contributed by atoms with Crippen LogP contribution in [0, 0.1) is 19.7 Å². The zero-order valence-corrected chi connectivity index (χ0v) is 24.7. The van der Waals surface area contributed by atoms with Crippen molar-refractivity contribution in [2.75, 3.05) is 17.1 Å². The lowest BCUT2D eigenvalue weighted by molar-refractivity contribution is -0.140. The second kappa shape index (κ2) is 13.3. The van der Waals surface area contributed by atoms with E-state index in [9.17, 15) is 22.4 Å². The third-order valence-electron chi connectivity index (χ3n) is 7.73. The summed E-state index contributed by atoms with van der Waals surface area (Å²) in [5, 5.41) is 3.11. The topological polar surface area (TPSA) is 86.8 Å². The Bertz CT molecular complexity index is 1470. The van der Waals surface area contributed by atoms with Crippen molar-refractivity contribution in [1.29, 1.82) is 0 Å². The van der Waals surface area contributed by atoms with Crippen LogP contribution in [0.1, 0.15) is 47.9 Å². The highest BCUT2D eigenvalue weighted by atomic mass is 32.2. The SMILES string of the molecule is Cc1ccc(N(CC(=O)N(Cc2ccccc2F)[C@H](Cc2ccccc2)C(=O)NC2CCCC2)S(C)(=O)=O)cc1C. The van der Waals surface area contributed by atoms with E-state index in [2.05, 4.69) is 5.32 Å². The highest BCUT2D eigenvalue weighted by Crippen LogP contribution is 2.24. The number of carbonyl (C=O) groups is 2. The molecule has 1 aliphatic rings. The minimum Gasteiger partial charge on any atom is -0.352 e. The first-order valence-electron chi connectivity index (χ1n) is 13.9. The summed E-state index contributed by atoms with van der Waals surface area (Å²) in [6.45, 7) is 3.07. The molecule has 0 aliphatic heterocycles. The number of hydrogen-bond acceptors (Lipinski definition) is 4. The molecule has 1 aliphatic carbocycles. The Labute approximate surface area is 242 Å². The minimum atomic E-state index is -3.87. The van der Waals surface area contributed by atoms with Crippen LogP contribution in [0.25, 0.3) is 0 Å². The molecule has 0 spiro atoms. The Balaban J connectivity index is 1.74. The molecule has 0 aromatic heterocycles. The third-order valence-corrected chi connectivity index (χ3v) is 8.87. The van der Waals surface area contributed by atoms with Crippen molar-refractivity contribution >= 4 is 27.5 Å². The van der Waals surface area contributed by atoms with Crippen LogP contribution in [-0.4, -0.2) is 50.0 Å². The van der Waals surface area contributed by atoms with E-state index in [1.54, 1.807) is 36.4 Å². The van der Waals surface area contributed by atoms with Gasteiger partial charge in [-0.2, -0.15) is 0 Å². The largest absolute Gasteiger partial charge is 0.352 e. The van der Waals surface area contributed by atoms with Gasteiger partial charge in [0, 0.05) is 24.6 Å². The molecule has 3 aromatic rings. The van der Waals surface area contributed by atoms with Crippen molar-refractivity contribution in [3.63, 3.8) is 0 Å². The molecule has 0 radical (unpaired) electrons. The molecule has 1 saturated carbocycles. The third kappa shape index (κ3) is 7.94. The van der Waals surface area contributed by atoms with Crippen LogP contribution >= 0.6 is 0 Å². The fourth-order valence-corrected chi connectivity index (χ4v) is 6.07. The summed E-state index contributed by atoms with van der Waals surface area (Å²) in [4.78, 5) is 29.3. The Morgan fingerprint density at radius 2 is 1.61 bits per heavy atom. The maximum absolute atomic E-state index is 14.9. The van der Waals surface area contributed by atoms with Crippen molar-refractivity contribution < 1.29 is 22.4 Å². The smallest absolute Gasteiger partial charge is 0.244 e. The van der Waals surface area contributed by atoms with Gasteiger partial charge in [0.1, 0.15) is 18.4 Å². The van der Waals surface area contributed by atoms with Crippen molar-refractivity contribution in [2.45, 2.75) is 64.6 Å². The van der Waals surface area contributed by atoms with E-state index in [0.717, 1.165) is 52.9 Å². The maximum atomic E-state index is 14.9.